The van der Waals surface area contributed by atoms with Crippen LogP contribution in [0.15, 0.2) is 34.9 Å². The van der Waals surface area contributed by atoms with Crippen molar-refractivity contribution < 1.29 is 4.42 Å². The lowest BCUT2D eigenvalue weighted by atomic mass is 10.0. The van der Waals surface area contributed by atoms with Crippen molar-refractivity contribution in [2.45, 2.75) is 38.3 Å². The number of hydrogen-bond donors (Lipinski definition) is 1. The molecule has 4 rings (SSSR count). The zero-order valence-corrected chi connectivity index (χ0v) is 14.6. The van der Waals surface area contributed by atoms with Crippen LogP contribution < -0.4 is 5.32 Å². The Kier molecular flexibility index (Phi) is 4.88. The molecule has 1 aliphatic carbocycles. The molecule has 0 bridgehead atoms. The predicted octanol–water partition coefficient (Wildman–Crippen LogP) is 3.96. The maximum absolute atomic E-state index is 6.04. The third-order valence-corrected chi connectivity index (χ3v) is 5.24. The molecule has 2 aliphatic rings. The van der Waals surface area contributed by atoms with E-state index in [1.54, 1.807) is 6.20 Å². The van der Waals surface area contributed by atoms with Gasteiger partial charge in [0, 0.05) is 29.7 Å². The fourth-order valence-corrected chi connectivity index (χ4v) is 3.49. The van der Waals surface area contributed by atoms with Gasteiger partial charge in [0.05, 0.1) is 12.7 Å². The van der Waals surface area contributed by atoms with E-state index < -0.39 is 0 Å². The second-order valence-electron chi connectivity index (χ2n) is 7.03. The highest BCUT2D eigenvalue weighted by Gasteiger charge is 2.24. The molecule has 4 nitrogen and oxygen atoms in total. The van der Waals surface area contributed by atoms with Crippen LogP contribution in [0.4, 0.5) is 0 Å². The third-order valence-electron chi connectivity index (χ3n) is 5.00. The molecule has 0 radical (unpaired) electrons. The summed E-state index contributed by atoms with van der Waals surface area (Å²) < 4.78 is 5.91. The van der Waals surface area contributed by atoms with E-state index in [4.69, 9.17) is 16.0 Å². The monoisotopic (exact) mass is 345 g/mol. The Morgan fingerprint density at radius 2 is 2.04 bits per heavy atom. The summed E-state index contributed by atoms with van der Waals surface area (Å²) >= 11 is 6.04. The van der Waals surface area contributed by atoms with Crippen molar-refractivity contribution in [1.29, 1.82) is 0 Å². The molecule has 2 aromatic rings. The Hall–Kier alpha value is -1.36. The number of benzene rings is 1. The summed E-state index contributed by atoms with van der Waals surface area (Å²) in [6.07, 6.45) is 7.07. The quantitative estimate of drug-likeness (QED) is 0.860. The van der Waals surface area contributed by atoms with E-state index in [2.05, 4.69) is 15.2 Å². The Labute approximate surface area is 148 Å². The number of likely N-dealkylation sites (tertiary alicyclic amines) is 1. The van der Waals surface area contributed by atoms with Gasteiger partial charge < -0.3 is 9.73 Å². The Morgan fingerprint density at radius 1 is 1.21 bits per heavy atom. The summed E-state index contributed by atoms with van der Waals surface area (Å²) in [5, 5.41) is 4.43. The molecule has 1 aliphatic heterocycles. The molecule has 1 saturated carbocycles. The molecule has 1 aromatic carbocycles. The number of oxazole rings is 1. The fraction of sp³-hybridized carbons (Fsp3) is 0.526. The highest BCUT2D eigenvalue weighted by Crippen LogP contribution is 2.28. The average Bonchev–Trinajstić information content (AvgIpc) is 3.31. The minimum atomic E-state index is 0.688. The van der Waals surface area contributed by atoms with Crippen LogP contribution in [-0.2, 0) is 6.54 Å². The summed E-state index contributed by atoms with van der Waals surface area (Å²) in [4.78, 5) is 6.87. The van der Waals surface area contributed by atoms with Gasteiger partial charge in [-0.15, -0.1) is 0 Å². The molecule has 1 N–H and O–H groups in total. The van der Waals surface area contributed by atoms with Crippen LogP contribution >= 0.6 is 11.6 Å². The van der Waals surface area contributed by atoms with Gasteiger partial charge in [0.2, 0.25) is 5.89 Å². The normalized spacial score (nSPS) is 19.7. The van der Waals surface area contributed by atoms with Crippen molar-refractivity contribution in [3.63, 3.8) is 0 Å². The van der Waals surface area contributed by atoms with Crippen molar-refractivity contribution in [1.82, 2.24) is 15.2 Å². The van der Waals surface area contributed by atoms with Crippen LogP contribution in [0.1, 0.15) is 31.6 Å². The van der Waals surface area contributed by atoms with Crippen LogP contribution in [0.2, 0.25) is 5.02 Å². The first kappa shape index (κ1) is 16.1. The summed E-state index contributed by atoms with van der Waals surface area (Å²) in [5.41, 5.74) is 0.976. The summed E-state index contributed by atoms with van der Waals surface area (Å²) in [7, 11) is 0. The molecule has 24 heavy (non-hydrogen) atoms. The lowest BCUT2D eigenvalue weighted by molar-refractivity contribution is 0.176. The van der Waals surface area contributed by atoms with Crippen molar-refractivity contribution >= 4 is 11.6 Å². The van der Waals surface area contributed by atoms with E-state index in [-0.39, 0.29) is 0 Å². The van der Waals surface area contributed by atoms with Crippen LogP contribution in [-0.4, -0.2) is 35.6 Å². The first-order chi connectivity index (χ1) is 11.8. The van der Waals surface area contributed by atoms with E-state index in [1.165, 1.54) is 32.2 Å². The van der Waals surface area contributed by atoms with Crippen LogP contribution in [0, 0.1) is 5.92 Å². The van der Waals surface area contributed by atoms with Crippen molar-refractivity contribution in [3.05, 3.63) is 41.4 Å². The van der Waals surface area contributed by atoms with Gasteiger partial charge in [0.15, 0.2) is 5.76 Å². The third kappa shape index (κ3) is 4.18. The number of halogens is 1. The topological polar surface area (TPSA) is 41.3 Å². The zero-order valence-electron chi connectivity index (χ0n) is 13.9. The van der Waals surface area contributed by atoms with Crippen LogP contribution in [0.3, 0.4) is 0 Å². The van der Waals surface area contributed by atoms with E-state index in [9.17, 15) is 0 Å². The fourth-order valence-electron chi connectivity index (χ4n) is 3.30. The molecule has 128 valence electrons. The van der Waals surface area contributed by atoms with Gasteiger partial charge >= 0.3 is 0 Å². The number of nitrogens with one attached hydrogen (secondary N) is 1. The van der Waals surface area contributed by atoms with Gasteiger partial charge in [-0.1, -0.05) is 23.7 Å². The van der Waals surface area contributed by atoms with Gasteiger partial charge in [-0.05, 0) is 50.3 Å². The first-order valence-corrected chi connectivity index (χ1v) is 9.30. The molecular formula is C19H24ClN3O. The molecule has 0 spiro atoms. The molecule has 0 unspecified atom stereocenters. The average molecular weight is 346 g/mol. The molecular weight excluding hydrogens is 322 g/mol. The maximum atomic E-state index is 6.04. The van der Waals surface area contributed by atoms with Gasteiger partial charge in [0.1, 0.15) is 0 Å². The summed E-state index contributed by atoms with van der Waals surface area (Å²) in [6.45, 7) is 4.22. The molecule has 2 fully saturated rings. The number of aromatic nitrogens is 1. The highest BCUT2D eigenvalue weighted by atomic mass is 35.5. The number of nitrogens with zero attached hydrogens (tertiary/aromatic N) is 2. The van der Waals surface area contributed by atoms with Crippen LogP contribution in [0.25, 0.3) is 11.3 Å². The minimum absolute atomic E-state index is 0.688. The van der Waals surface area contributed by atoms with E-state index in [0.29, 0.717) is 11.1 Å². The van der Waals surface area contributed by atoms with Crippen molar-refractivity contribution in [2.24, 2.45) is 5.92 Å². The Bertz CT molecular complexity index is 675. The smallest absolute Gasteiger partial charge is 0.209 e. The van der Waals surface area contributed by atoms with E-state index in [1.807, 2.05) is 24.3 Å². The first-order valence-electron chi connectivity index (χ1n) is 8.92. The standard InChI is InChI=1S/C19H24ClN3O/c20-16-3-1-2-15(10-16)18-12-22-19(24-18)13-23-8-6-17(7-9-23)21-11-14-4-5-14/h1-3,10,12,14,17,21H,4-9,11,13H2. The number of rotatable bonds is 6. The van der Waals surface area contributed by atoms with Crippen LogP contribution in [0.5, 0.6) is 0 Å². The molecule has 1 aromatic heterocycles. The molecule has 0 amide bonds. The van der Waals surface area contributed by atoms with E-state index in [0.717, 1.165) is 42.8 Å². The molecule has 1 saturated heterocycles. The summed E-state index contributed by atoms with van der Waals surface area (Å²) in [6, 6.07) is 8.38. The Morgan fingerprint density at radius 3 is 2.79 bits per heavy atom. The minimum Gasteiger partial charge on any atom is -0.439 e. The SMILES string of the molecule is Clc1cccc(-c2cnc(CN3CCC(NCC4CC4)CC3)o2)c1. The van der Waals surface area contributed by atoms with Gasteiger partial charge in [-0.25, -0.2) is 4.98 Å². The van der Waals surface area contributed by atoms with E-state index >= 15 is 0 Å². The zero-order chi connectivity index (χ0) is 16.4. The van der Waals surface area contributed by atoms with Gasteiger partial charge in [-0.2, -0.15) is 0 Å². The number of hydrogen-bond acceptors (Lipinski definition) is 4. The molecule has 2 heterocycles. The summed E-state index contributed by atoms with van der Waals surface area (Å²) in [5.74, 6) is 2.53. The molecule has 0 atom stereocenters. The second-order valence-corrected chi connectivity index (χ2v) is 7.47. The molecule has 5 heteroatoms. The predicted molar refractivity (Wildman–Crippen MR) is 96.0 cm³/mol. The lowest BCUT2D eigenvalue weighted by Crippen LogP contribution is -2.42. The van der Waals surface area contributed by atoms with Gasteiger partial charge in [-0.3, -0.25) is 4.90 Å². The lowest BCUT2D eigenvalue weighted by Gasteiger charge is -2.31. The number of piperidine rings is 1. The van der Waals surface area contributed by atoms with Crippen molar-refractivity contribution in [3.8, 4) is 11.3 Å². The Balaban J connectivity index is 1.28. The highest BCUT2D eigenvalue weighted by molar-refractivity contribution is 6.30. The van der Waals surface area contributed by atoms with Crippen molar-refractivity contribution in [2.75, 3.05) is 19.6 Å². The second kappa shape index (κ2) is 7.26. The largest absolute Gasteiger partial charge is 0.439 e. The van der Waals surface area contributed by atoms with Gasteiger partial charge in [0.25, 0.3) is 0 Å². The maximum Gasteiger partial charge on any atom is 0.209 e.